The lowest BCUT2D eigenvalue weighted by molar-refractivity contribution is 0.225. The first-order chi connectivity index (χ1) is 7.02. The van der Waals surface area contributed by atoms with Crippen molar-refractivity contribution < 1.29 is 0 Å². The summed E-state index contributed by atoms with van der Waals surface area (Å²) in [6.45, 7) is 12.0. The first-order valence-corrected chi connectivity index (χ1v) is 6.43. The molecule has 15 heavy (non-hydrogen) atoms. The van der Waals surface area contributed by atoms with E-state index in [2.05, 4.69) is 31.4 Å². The van der Waals surface area contributed by atoms with E-state index < -0.39 is 0 Å². The molecular weight excluding hydrogens is 184 g/mol. The minimum atomic E-state index is 0.497. The summed E-state index contributed by atoms with van der Waals surface area (Å²) in [6, 6.07) is 0. The zero-order valence-corrected chi connectivity index (χ0v) is 10.5. The van der Waals surface area contributed by atoms with Crippen molar-refractivity contribution in [2.45, 2.75) is 40.0 Å². The molecule has 0 amide bonds. The van der Waals surface area contributed by atoms with Gasteiger partial charge in [0.1, 0.15) is 0 Å². The zero-order valence-electron chi connectivity index (χ0n) is 10.5. The fourth-order valence-corrected chi connectivity index (χ4v) is 2.74. The van der Waals surface area contributed by atoms with Crippen molar-refractivity contribution in [2.75, 3.05) is 26.2 Å². The van der Waals surface area contributed by atoms with Gasteiger partial charge in [-0.15, -0.1) is 0 Å². The second kappa shape index (κ2) is 4.06. The van der Waals surface area contributed by atoms with Gasteiger partial charge in [-0.1, -0.05) is 20.8 Å². The third-order valence-corrected chi connectivity index (χ3v) is 4.35. The van der Waals surface area contributed by atoms with Crippen LogP contribution >= 0.6 is 0 Å². The molecule has 2 unspecified atom stereocenters. The Bertz CT molecular complexity index is 217. The predicted octanol–water partition coefficient (Wildman–Crippen LogP) is 2.01. The van der Waals surface area contributed by atoms with Crippen LogP contribution in [0.2, 0.25) is 0 Å². The summed E-state index contributed by atoms with van der Waals surface area (Å²) in [4.78, 5) is 0. The maximum absolute atomic E-state index is 3.67. The van der Waals surface area contributed by atoms with E-state index in [4.69, 9.17) is 0 Å². The molecule has 88 valence electrons. The molecule has 0 spiro atoms. The Hall–Kier alpha value is -0.0800. The van der Waals surface area contributed by atoms with Crippen molar-refractivity contribution in [3.63, 3.8) is 0 Å². The van der Waals surface area contributed by atoms with Gasteiger partial charge in [-0.3, -0.25) is 0 Å². The monoisotopic (exact) mass is 210 g/mol. The molecule has 0 bridgehead atoms. The summed E-state index contributed by atoms with van der Waals surface area (Å²) in [5, 5.41) is 7.18. The molecule has 2 fully saturated rings. The Morgan fingerprint density at radius 2 is 2.07 bits per heavy atom. The lowest BCUT2D eigenvalue weighted by Gasteiger charge is -2.34. The molecule has 2 N–H and O–H groups in total. The van der Waals surface area contributed by atoms with Crippen molar-refractivity contribution in [3.8, 4) is 0 Å². The average Bonchev–Trinajstić information content (AvgIpc) is 2.75. The molecule has 2 rings (SSSR count). The second-order valence-corrected chi connectivity index (χ2v) is 6.61. The zero-order chi connectivity index (χ0) is 10.9. The van der Waals surface area contributed by atoms with Crippen LogP contribution in [0.25, 0.3) is 0 Å². The Morgan fingerprint density at radius 1 is 1.33 bits per heavy atom. The van der Waals surface area contributed by atoms with Gasteiger partial charge in [0, 0.05) is 13.1 Å². The average molecular weight is 210 g/mol. The maximum Gasteiger partial charge on any atom is 0.00174 e. The highest BCUT2D eigenvalue weighted by molar-refractivity contribution is 4.96. The molecule has 2 aliphatic rings. The molecule has 1 aliphatic carbocycles. The SMILES string of the molecule is CC1(CNCC2CC2(C)C)CCCNC1. The van der Waals surface area contributed by atoms with Gasteiger partial charge in [-0.05, 0) is 49.1 Å². The second-order valence-electron chi connectivity index (χ2n) is 6.61. The Morgan fingerprint density at radius 3 is 2.60 bits per heavy atom. The first-order valence-electron chi connectivity index (χ1n) is 6.43. The Kier molecular flexibility index (Phi) is 3.09. The molecule has 2 heteroatoms. The van der Waals surface area contributed by atoms with E-state index in [0.717, 1.165) is 5.92 Å². The van der Waals surface area contributed by atoms with E-state index >= 15 is 0 Å². The molecular formula is C13H26N2. The van der Waals surface area contributed by atoms with Gasteiger partial charge in [0.2, 0.25) is 0 Å². The van der Waals surface area contributed by atoms with Gasteiger partial charge < -0.3 is 10.6 Å². The van der Waals surface area contributed by atoms with Crippen molar-refractivity contribution >= 4 is 0 Å². The number of nitrogens with one attached hydrogen (secondary N) is 2. The summed E-state index contributed by atoms with van der Waals surface area (Å²) in [6.07, 6.45) is 4.13. The van der Waals surface area contributed by atoms with Gasteiger partial charge in [-0.25, -0.2) is 0 Å². The maximum atomic E-state index is 3.67. The van der Waals surface area contributed by atoms with Crippen molar-refractivity contribution in [2.24, 2.45) is 16.7 Å². The fourth-order valence-electron chi connectivity index (χ4n) is 2.74. The number of hydrogen-bond donors (Lipinski definition) is 2. The van der Waals surface area contributed by atoms with Gasteiger partial charge in [-0.2, -0.15) is 0 Å². The van der Waals surface area contributed by atoms with Gasteiger partial charge in [0.05, 0.1) is 0 Å². The van der Waals surface area contributed by atoms with Crippen molar-refractivity contribution in [3.05, 3.63) is 0 Å². The Labute approximate surface area is 94.2 Å². The van der Waals surface area contributed by atoms with Crippen LogP contribution in [0.15, 0.2) is 0 Å². The van der Waals surface area contributed by atoms with Crippen LogP contribution < -0.4 is 10.6 Å². The molecule has 0 radical (unpaired) electrons. The van der Waals surface area contributed by atoms with Crippen LogP contribution in [-0.4, -0.2) is 26.2 Å². The molecule has 1 heterocycles. The summed E-state index contributed by atoms with van der Waals surface area (Å²) in [5.41, 5.74) is 1.12. The highest BCUT2D eigenvalue weighted by Crippen LogP contribution is 2.51. The van der Waals surface area contributed by atoms with Crippen molar-refractivity contribution in [1.29, 1.82) is 0 Å². The van der Waals surface area contributed by atoms with Gasteiger partial charge in [0.15, 0.2) is 0 Å². The lowest BCUT2D eigenvalue weighted by Crippen LogP contribution is -2.44. The van der Waals surface area contributed by atoms with E-state index in [1.54, 1.807) is 0 Å². The molecule has 1 saturated heterocycles. The molecule has 0 aromatic heterocycles. The quantitative estimate of drug-likeness (QED) is 0.742. The predicted molar refractivity (Wildman–Crippen MR) is 65.0 cm³/mol. The molecule has 1 saturated carbocycles. The largest absolute Gasteiger partial charge is 0.316 e. The molecule has 2 atom stereocenters. The van der Waals surface area contributed by atoms with Gasteiger partial charge in [0.25, 0.3) is 0 Å². The highest BCUT2D eigenvalue weighted by Gasteiger charge is 2.44. The smallest absolute Gasteiger partial charge is 0.00174 e. The molecule has 0 aromatic rings. The third kappa shape index (κ3) is 2.94. The van der Waals surface area contributed by atoms with E-state index in [1.807, 2.05) is 0 Å². The van der Waals surface area contributed by atoms with E-state index in [-0.39, 0.29) is 0 Å². The topological polar surface area (TPSA) is 24.1 Å². The molecule has 2 nitrogen and oxygen atoms in total. The minimum Gasteiger partial charge on any atom is -0.316 e. The number of hydrogen-bond acceptors (Lipinski definition) is 2. The first kappa shape index (κ1) is 11.4. The number of rotatable bonds is 4. The Balaban J connectivity index is 1.65. The summed E-state index contributed by atoms with van der Waals surface area (Å²) in [7, 11) is 0. The molecule has 1 aliphatic heterocycles. The normalized spacial score (nSPS) is 39.0. The van der Waals surface area contributed by atoms with Crippen LogP contribution in [0.4, 0.5) is 0 Å². The van der Waals surface area contributed by atoms with Crippen molar-refractivity contribution in [1.82, 2.24) is 10.6 Å². The van der Waals surface area contributed by atoms with Crippen LogP contribution in [0.5, 0.6) is 0 Å². The van der Waals surface area contributed by atoms with E-state index in [1.165, 1.54) is 45.4 Å². The van der Waals surface area contributed by atoms with E-state index in [0.29, 0.717) is 10.8 Å². The lowest BCUT2D eigenvalue weighted by atomic mass is 9.83. The highest BCUT2D eigenvalue weighted by atomic mass is 14.9. The van der Waals surface area contributed by atoms with Crippen LogP contribution in [0.1, 0.15) is 40.0 Å². The fraction of sp³-hybridized carbons (Fsp3) is 1.00. The minimum absolute atomic E-state index is 0.497. The van der Waals surface area contributed by atoms with Crippen LogP contribution in [-0.2, 0) is 0 Å². The van der Waals surface area contributed by atoms with E-state index in [9.17, 15) is 0 Å². The summed E-state index contributed by atoms with van der Waals surface area (Å²) in [5.74, 6) is 0.928. The third-order valence-electron chi connectivity index (χ3n) is 4.35. The van der Waals surface area contributed by atoms with Crippen LogP contribution in [0, 0.1) is 16.7 Å². The summed E-state index contributed by atoms with van der Waals surface area (Å²) < 4.78 is 0. The molecule has 0 aromatic carbocycles. The van der Waals surface area contributed by atoms with Crippen LogP contribution in [0.3, 0.4) is 0 Å². The summed E-state index contributed by atoms with van der Waals surface area (Å²) >= 11 is 0. The number of piperidine rings is 1. The standard InChI is InChI=1S/C13H26N2/c1-12(2)7-11(12)8-15-10-13(3)5-4-6-14-9-13/h11,14-15H,4-10H2,1-3H3. The van der Waals surface area contributed by atoms with Gasteiger partial charge >= 0.3 is 0 Å².